The summed E-state index contributed by atoms with van der Waals surface area (Å²) in [6, 6.07) is 6.81. The van der Waals surface area contributed by atoms with Crippen molar-refractivity contribution >= 4 is 28.3 Å². The molecular formula is C18H24N4O2S. The number of nitrogens with zero attached hydrogens (tertiary/aromatic N) is 2. The molecule has 7 heteroatoms. The van der Waals surface area contributed by atoms with Gasteiger partial charge in [-0.3, -0.25) is 14.9 Å². The summed E-state index contributed by atoms with van der Waals surface area (Å²) in [5.74, 6) is -0.635. The smallest absolute Gasteiger partial charge is 0.251 e. The molecule has 0 saturated heterocycles. The van der Waals surface area contributed by atoms with Crippen molar-refractivity contribution in [2.24, 2.45) is 5.92 Å². The first kappa shape index (κ1) is 19.1. The Balaban J connectivity index is 2.08. The molecule has 25 heavy (non-hydrogen) atoms. The monoisotopic (exact) mass is 360 g/mol. The third-order valence-electron chi connectivity index (χ3n) is 3.84. The van der Waals surface area contributed by atoms with Crippen molar-refractivity contribution in [1.29, 1.82) is 0 Å². The van der Waals surface area contributed by atoms with Gasteiger partial charge in [-0.15, -0.1) is 10.2 Å². The molecule has 0 aliphatic carbocycles. The molecule has 0 saturated carbocycles. The minimum absolute atomic E-state index is 0.0249. The van der Waals surface area contributed by atoms with Crippen LogP contribution in [0.15, 0.2) is 29.8 Å². The zero-order valence-corrected chi connectivity index (χ0v) is 16.0. The van der Waals surface area contributed by atoms with E-state index in [0.29, 0.717) is 10.7 Å². The molecule has 0 aliphatic rings. The average Bonchev–Trinajstić information content (AvgIpc) is 3.04. The van der Waals surface area contributed by atoms with Crippen LogP contribution >= 0.6 is 11.3 Å². The minimum Gasteiger partial charge on any atom is -0.340 e. The number of carbonyl (C=O) groups is 2. The van der Waals surface area contributed by atoms with Crippen molar-refractivity contribution in [3.63, 3.8) is 0 Å². The summed E-state index contributed by atoms with van der Waals surface area (Å²) in [6.07, 6.45) is 0. The maximum absolute atomic E-state index is 12.5. The van der Waals surface area contributed by atoms with Gasteiger partial charge in [-0.25, -0.2) is 0 Å². The molecule has 134 valence electrons. The van der Waals surface area contributed by atoms with Crippen LogP contribution in [0.5, 0.6) is 0 Å². The highest BCUT2D eigenvalue weighted by Gasteiger charge is 2.25. The van der Waals surface area contributed by atoms with E-state index in [1.54, 1.807) is 12.1 Å². The van der Waals surface area contributed by atoms with E-state index in [2.05, 4.69) is 41.6 Å². The summed E-state index contributed by atoms with van der Waals surface area (Å²) in [5.41, 5.74) is 3.24. The normalized spacial score (nSPS) is 12.7. The lowest BCUT2D eigenvalue weighted by molar-refractivity contribution is -0.118. The first-order chi connectivity index (χ1) is 11.7. The fraction of sp³-hybridized carbons (Fsp3) is 0.444. The van der Waals surface area contributed by atoms with Gasteiger partial charge in [0.05, 0.1) is 0 Å². The molecule has 0 fully saturated rings. The largest absolute Gasteiger partial charge is 0.340 e. The van der Waals surface area contributed by atoms with Crippen LogP contribution in [0.3, 0.4) is 0 Å². The van der Waals surface area contributed by atoms with E-state index in [9.17, 15) is 9.59 Å². The number of aromatic nitrogens is 2. The van der Waals surface area contributed by atoms with Gasteiger partial charge < -0.3 is 5.32 Å². The Bertz CT molecular complexity index is 719. The summed E-state index contributed by atoms with van der Waals surface area (Å²) in [7, 11) is 0. The third-order valence-corrected chi connectivity index (χ3v) is 4.45. The van der Waals surface area contributed by atoms with Crippen LogP contribution < -0.4 is 10.6 Å². The summed E-state index contributed by atoms with van der Waals surface area (Å²) in [4.78, 5) is 24.9. The van der Waals surface area contributed by atoms with E-state index in [1.165, 1.54) is 16.8 Å². The molecule has 1 atom stereocenters. The Labute approximate surface area is 152 Å². The van der Waals surface area contributed by atoms with Gasteiger partial charge in [0.1, 0.15) is 11.6 Å². The number of amides is 2. The molecular weight excluding hydrogens is 336 g/mol. The van der Waals surface area contributed by atoms with Gasteiger partial charge in [0, 0.05) is 5.56 Å². The van der Waals surface area contributed by atoms with Gasteiger partial charge in [0.15, 0.2) is 0 Å². The van der Waals surface area contributed by atoms with Gasteiger partial charge in [0.2, 0.25) is 11.0 Å². The van der Waals surface area contributed by atoms with Crippen LogP contribution in [0.1, 0.15) is 50.5 Å². The molecule has 1 unspecified atom stereocenters. The minimum atomic E-state index is -0.654. The van der Waals surface area contributed by atoms with Crippen molar-refractivity contribution in [2.75, 3.05) is 5.32 Å². The topological polar surface area (TPSA) is 84.0 Å². The first-order valence-corrected chi connectivity index (χ1v) is 9.05. The number of carbonyl (C=O) groups excluding carboxylic acids is 2. The zero-order valence-electron chi connectivity index (χ0n) is 15.2. The molecule has 1 aromatic carbocycles. The van der Waals surface area contributed by atoms with E-state index < -0.39 is 6.04 Å². The van der Waals surface area contributed by atoms with Gasteiger partial charge in [0.25, 0.3) is 5.91 Å². The molecule has 0 aliphatic heterocycles. The van der Waals surface area contributed by atoms with E-state index in [1.807, 2.05) is 26.0 Å². The highest BCUT2D eigenvalue weighted by atomic mass is 32.1. The Morgan fingerprint density at radius 3 is 2.24 bits per heavy atom. The number of rotatable bonds is 5. The molecule has 0 bridgehead atoms. The highest BCUT2D eigenvalue weighted by Crippen LogP contribution is 2.22. The molecule has 2 amide bonds. The fourth-order valence-corrected chi connectivity index (χ4v) is 2.74. The second-order valence-electron chi connectivity index (χ2n) is 7.26. The summed E-state index contributed by atoms with van der Waals surface area (Å²) in [6.45, 7) is 10.1. The second kappa shape index (κ2) is 7.74. The summed E-state index contributed by atoms with van der Waals surface area (Å²) < 4.78 is 0. The molecule has 6 nitrogen and oxygen atoms in total. The zero-order chi connectivity index (χ0) is 18.6. The van der Waals surface area contributed by atoms with E-state index in [4.69, 9.17) is 0 Å². The standard InChI is InChI=1S/C18H24N4O2S/c1-11(2)14(16(24)21-17-22-19-10-25-17)20-15(23)12-6-8-13(9-7-12)18(3,4)5/h6-11,14H,1-5H3,(H,20,23)(H,21,22,24). The number of hydrogen-bond donors (Lipinski definition) is 2. The summed E-state index contributed by atoms with van der Waals surface area (Å²) in [5, 5.41) is 13.4. The lowest BCUT2D eigenvalue weighted by Crippen LogP contribution is -2.47. The van der Waals surface area contributed by atoms with Gasteiger partial charge in [-0.2, -0.15) is 0 Å². The Morgan fingerprint density at radius 1 is 1.12 bits per heavy atom. The van der Waals surface area contributed by atoms with Gasteiger partial charge in [-0.1, -0.05) is 58.1 Å². The predicted molar refractivity (Wildman–Crippen MR) is 99.8 cm³/mol. The second-order valence-corrected chi connectivity index (χ2v) is 8.09. The molecule has 2 aromatic rings. The van der Waals surface area contributed by atoms with Crippen molar-refractivity contribution in [3.05, 3.63) is 40.9 Å². The molecule has 0 radical (unpaired) electrons. The van der Waals surface area contributed by atoms with Crippen molar-refractivity contribution in [3.8, 4) is 0 Å². The number of anilines is 1. The highest BCUT2D eigenvalue weighted by molar-refractivity contribution is 7.13. The van der Waals surface area contributed by atoms with Crippen LogP contribution in [0, 0.1) is 5.92 Å². The quantitative estimate of drug-likeness (QED) is 0.857. The maximum Gasteiger partial charge on any atom is 0.251 e. The van der Waals surface area contributed by atoms with E-state index >= 15 is 0 Å². The molecule has 1 aromatic heterocycles. The Morgan fingerprint density at radius 2 is 1.76 bits per heavy atom. The average molecular weight is 360 g/mol. The molecule has 1 heterocycles. The Hall–Kier alpha value is -2.28. The number of nitrogens with one attached hydrogen (secondary N) is 2. The molecule has 2 rings (SSSR count). The van der Waals surface area contributed by atoms with Crippen LogP contribution in [-0.2, 0) is 10.2 Å². The number of benzene rings is 1. The number of hydrogen-bond acceptors (Lipinski definition) is 5. The first-order valence-electron chi connectivity index (χ1n) is 8.17. The summed E-state index contributed by atoms with van der Waals surface area (Å²) >= 11 is 1.23. The molecule has 2 N–H and O–H groups in total. The van der Waals surface area contributed by atoms with E-state index in [0.717, 1.165) is 5.56 Å². The van der Waals surface area contributed by atoms with E-state index in [-0.39, 0.29) is 23.1 Å². The maximum atomic E-state index is 12.5. The SMILES string of the molecule is CC(C)C(NC(=O)c1ccc(C(C)(C)C)cc1)C(=O)Nc1nncs1. The van der Waals surface area contributed by atoms with Crippen LogP contribution in [-0.4, -0.2) is 28.1 Å². The lowest BCUT2D eigenvalue weighted by atomic mass is 9.86. The Kier molecular flexibility index (Phi) is 5.89. The van der Waals surface area contributed by atoms with Crippen LogP contribution in [0.4, 0.5) is 5.13 Å². The third kappa shape index (κ3) is 5.09. The van der Waals surface area contributed by atoms with Gasteiger partial charge >= 0.3 is 0 Å². The molecule has 0 spiro atoms. The van der Waals surface area contributed by atoms with Crippen LogP contribution in [0.2, 0.25) is 0 Å². The van der Waals surface area contributed by atoms with Gasteiger partial charge in [-0.05, 0) is 29.0 Å². The van der Waals surface area contributed by atoms with Crippen LogP contribution in [0.25, 0.3) is 0 Å². The lowest BCUT2D eigenvalue weighted by Gasteiger charge is -2.22. The fourth-order valence-electron chi connectivity index (χ4n) is 2.29. The van der Waals surface area contributed by atoms with Crippen molar-refractivity contribution < 1.29 is 9.59 Å². The van der Waals surface area contributed by atoms with Crippen molar-refractivity contribution in [2.45, 2.75) is 46.1 Å². The predicted octanol–water partition coefficient (Wildman–Crippen LogP) is 3.23. The van der Waals surface area contributed by atoms with Crippen molar-refractivity contribution in [1.82, 2.24) is 15.5 Å².